The summed E-state index contributed by atoms with van der Waals surface area (Å²) in [5, 5.41) is 10.3. The summed E-state index contributed by atoms with van der Waals surface area (Å²) in [4.78, 5) is 12.8. The number of nitrogens with two attached hydrogens (primary N) is 1. The molecule has 0 radical (unpaired) electrons. The normalized spacial score (nSPS) is 10.6. The van der Waals surface area contributed by atoms with E-state index in [4.69, 9.17) is 5.73 Å². The average Bonchev–Trinajstić information content (AvgIpc) is 2.16. The molecular weight excluding hydrogens is 196 g/mol. The van der Waals surface area contributed by atoms with Gasteiger partial charge in [0.25, 0.3) is 6.43 Å². The van der Waals surface area contributed by atoms with Crippen LogP contribution in [0.25, 0.3) is 0 Å². The van der Waals surface area contributed by atoms with Crippen molar-refractivity contribution in [1.82, 2.24) is 4.98 Å². The summed E-state index contributed by atoms with van der Waals surface area (Å²) < 4.78 is 24.6. The number of hydrogen-bond donors (Lipinski definition) is 1. The van der Waals surface area contributed by atoms with Crippen molar-refractivity contribution < 1.29 is 13.7 Å². The number of rotatable bonds is 3. The topological polar surface area (TPSA) is 82.0 Å². The maximum atomic E-state index is 12.3. The van der Waals surface area contributed by atoms with Crippen LogP contribution in [-0.4, -0.2) is 9.91 Å². The zero-order valence-corrected chi connectivity index (χ0v) is 6.98. The number of alkyl halides is 2. The predicted molar refractivity (Wildman–Crippen MR) is 43.7 cm³/mol. The quantitative estimate of drug-likeness (QED) is 0.594. The third-order valence-electron chi connectivity index (χ3n) is 1.65. The summed E-state index contributed by atoms with van der Waals surface area (Å²) in [5.74, 6) is -0.477. The molecule has 0 aliphatic rings. The molecule has 0 saturated heterocycles. The molecule has 0 aliphatic heterocycles. The van der Waals surface area contributed by atoms with Gasteiger partial charge in [0.05, 0.1) is 5.56 Å². The van der Waals surface area contributed by atoms with Gasteiger partial charge >= 0.3 is 5.82 Å². The van der Waals surface area contributed by atoms with Crippen molar-refractivity contribution in [2.24, 2.45) is 5.73 Å². The van der Waals surface area contributed by atoms with Crippen LogP contribution in [0.5, 0.6) is 0 Å². The fraction of sp³-hybridized carbons (Fsp3) is 0.286. The Balaban J connectivity index is 3.18. The van der Waals surface area contributed by atoms with Crippen LogP contribution in [0.1, 0.15) is 17.6 Å². The van der Waals surface area contributed by atoms with Crippen molar-refractivity contribution in [3.63, 3.8) is 0 Å². The monoisotopic (exact) mass is 203 g/mol. The van der Waals surface area contributed by atoms with E-state index in [2.05, 4.69) is 4.98 Å². The van der Waals surface area contributed by atoms with E-state index in [9.17, 15) is 18.9 Å². The van der Waals surface area contributed by atoms with Gasteiger partial charge in [0.15, 0.2) is 0 Å². The molecule has 1 heterocycles. The van der Waals surface area contributed by atoms with Gasteiger partial charge in [-0.1, -0.05) is 0 Å². The fourth-order valence-electron chi connectivity index (χ4n) is 0.968. The van der Waals surface area contributed by atoms with Crippen molar-refractivity contribution in [3.05, 3.63) is 33.5 Å². The van der Waals surface area contributed by atoms with Gasteiger partial charge in [-0.15, -0.1) is 0 Å². The fourth-order valence-corrected chi connectivity index (χ4v) is 0.968. The number of aromatic nitrogens is 1. The number of hydrogen-bond acceptors (Lipinski definition) is 4. The molecule has 2 N–H and O–H groups in total. The Morgan fingerprint density at radius 3 is 2.71 bits per heavy atom. The first kappa shape index (κ1) is 10.5. The van der Waals surface area contributed by atoms with Crippen molar-refractivity contribution in [3.8, 4) is 0 Å². The minimum absolute atomic E-state index is 0.0432. The second kappa shape index (κ2) is 4.05. The molecule has 0 fully saturated rings. The number of nitro groups is 1. The van der Waals surface area contributed by atoms with Crippen LogP contribution in [-0.2, 0) is 6.54 Å². The second-order valence-corrected chi connectivity index (χ2v) is 2.50. The van der Waals surface area contributed by atoms with Crippen molar-refractivity contribution in [2.45, 2.75) is 13.0 Å². The van der Waals surface area contributed by atoms with Gasteiger partial charge in [0, 0.05) is 12.6 Å². The van der Waals surface area contributed by atoms with E-state index in [1.54, 1.807) is 0 Å². The standard InChI is InChI=1S/C7H7F2N3O2/c8-7(9)5-3-11-6(12(13)14)1-4(5)2-10/h1,3,7H,2,10H2. The van der Waals surface area contributed by atoms with Gasteiger partial charge < -0.3 is 15.8 Å². The average molecular weight is 203 g/mol. The van der Waals surface area contributed by atoms with E-state index in [1.165, 1.54) is 0 Å². The zero-order chi connectivity index (χ0) is 10.7. The SMILES string of the molecule is NCc1cc([N+](=O)[O-])ncc1C(F)F. The lowest BCUT2D eigenvalue weighted by molar-refractivity contribution is -0.389. The molecule has 5 nitrogen and oxygen atoms in total. The highest BCUT2D eigenvalue weighted by Crippen LogP contribution is 2.24. The molecule has 0 aliphatic carbocycles. The molecule has 0 unspecified atom stereocenters. The van der Waals surface area contributed by atoms with E-state index >= 15 is 0 Å². The van der Waals surface area contributed by atoms with Gasteiger partial charge in [0.2, 0.25) is 0 Å². The van der Waals surface area contributed by atoms with Crippen molar-refractivity contribution >= 4 is 5.82 Å². The van der Waals surface area contributed by atoms with Crippen LogP contribution >= 0.6 is 0 Å². The Labute approximate surface area is 77.7 Å². The van der Waals surface area contributed by atoms with E-state index < -0.39 is 17.2 Å². The Kier molecular flexibility index (Phi) is 3.03. The van der Waals surface area contributed by atoms with Crippen LogP contribution in [0.2, 0.25) is 0 Å². The van der Waals surface area contributed by atoms with Crippen LogP contribution in [0, 0.1) is 10.1 Å². The Bertz CT molecular complexity index is 357. The molecule has 1 aromatic heterocycles. The van der Waals surface area contributed by atoms with Crippen molar-refractivity contribution in [2.75, 3.05) is 0 Å². The minimum Gasteiger partial charge on any atom is -0.358 e. The molecule has 0 saturated carbocycles. The van der Waals surface area contributed by atoms with Gasteiger partial charge in [-0.05, 0) is 15.5 Å². The van der Waals surface area contributed by atoms with E-state index in [0.29, 0.717) is 0 Å². The highest BCUT2D eigenvalue weighted by molar-refractivity contribution is 5.33. The van der Waals surface area contributed by atoms with Gasteiger partial charge in [-0.3, -0.25) is 0 Å². The molecule has 0 bridgehead atoms. The molecular formula is C7H7F2N3O2. The molecule has 0 amide bonds. The highest BCUT2D eigenvalue weighted by atomic mass is 19.3. The third kappa shape index (κ3) is 1.99. The lowest BCUT2D eigenvalue weighted by Gasteiger charge is -2.03. The number of halogens is 2. The van der Waals surface area contributed by atoms with Crippen LogP contribution < -0.4 is 5.73 Å². The predicted octanol–water partition coefficient (Wildman–Crippen LogP) is 1.39. The molecule has 1 aromatic rings. The first-order valence-electron chi connectivity index (χ1n) is 3.67. The molecule has 14 heavy (non-hydrogen) atoms. The van der Waals surface area contributed by atoms with E-state index in [0.717, 1.165) is 12.3 Å². The van der Waals surface area contributed by atoms with Crippen LogP contribution in [0.3, 0.4) is 0 Å². The zero-order valence-electron chi connectivity index (χ0n) is 6.98. The summed E-state index contributed by atoms with van der Waals surface area (Å²) >= 11 is 0. The smallest absolute Gasteiger partial charge is 0.358 e. The molecule has 76 valence electrons. The summed E-state index contributed by atoms with van der Waals surface area (Å²) in [6.07, 6.45) is -1.94. The number of nitrogens with zero attached hydrogens (tertiary/aromatic N) is 2. The molecule has 1 rings (SSSR count). The Morgan fingerprint density at radius 2 is 2.29 bits per heavy atom. The first-order chi connectivity index (χ1) is 6.56. The maximum absolute atomic E-state index is 12.3. The largest absolute Gasteiger partial charge is 0.363 e. The number of pyridine rings is 1. The van der Waals surface area contributed by atoms with Gasteiger partial charge in [-0.25, -0.2) is 8.78 Å². The molecule has 0 spiro atoms. The maximum Gasteiger partial charge on any atom is 0.363 e. The summed E-state index contributed by atoms with van der Waals surface area (Å²) in [6, 6.07) is 0.960. The molecule has 0 atom stereocenters. The third-order valence-corrected chi connectivity index (χ3v) is 1.65. The summed E-state index contributed by atoms with van der Waals surface area (Å²) in [6.45, 7) is -0.178. The highest BCUT2D eigenvalue weighted by Gasteiger charge is 2.18. The minimum atomic E-state index is -2.72. The van der Waals surface area contributed by atoms with Crippen molar-refractivity contribution in [1.29, 1.82) is 0 Å². The molecule has 7 heteroatoms. The molecule has 0 aromatic carbocycles. The Hall–Kier alpha value is -1.63. The van der Waals surface area contributed by atoms with Gasteiger partial charge in [-0.2, -0.15) is 0 Å². The summed E-state index contributed by atoms with van der Waals surface area (Å²) in [7, 11) is 0. The lowest BCUT2D eigenvalue weighted by Crippen LogP contribution is -2.04. The van der Waals surface area contributed by atoms with Crippen LogP contribution in [0.15, 0.2) is 12.3 Å². The summed E-state index contributed by atoms with van der Waals surface area (Å²) in [5.41, 5.74) is 4.85. The second-order valence-electron chi connectivity index (χ2n) is 2.50. The van der Waals surface area contributed by atoms with E-state index in [-0.39, 0.29) is 17.7 Å². The first-order valence-corrected chi connectivity index (χ1v) is 3.67. The van der Waals surface area contributed by atoms with Crippen LogP contribution in [0.4, 0.5) is 14.6 Å². The lowest BCUT2D eigenvalue weighted by atomic mass is 10.1. The Morgan fingerprint density at radius 1 is 1.64 bits per heavy atom. The van der Waals surface area contributed by atoms with Gasteiger partial charge in [0.1, 0.15) is 6.20 Å². The van der Waals surface area contributed by atoms with E-state index in [1.807, 2.05) is 0 Å².